The summed E-state index contributed by atoms with van der Waals surface area (Å²) in [4.78, 5) is 0. The fourth-order valence-electron chi connectivity index (χ4n) is 3.56. The van der Waals surface area contributed by atoms with Crippen LogP contribution in [0.2, 0.25) is 0 Å². The van der Waals surface area contributed by atoms with Crippen molar-refractivity contribution in [3.63, 3.8) is 0 Å². The first-order valence-electron chi connectivity index (χ1n) is 7.27. The van der Waals surface area contributed by atoms with E-state index in [2.05, 4.69) is 34.2 Å². The van der Waals surface area contributed by atoms with Crippen LogP contribution in [-0.2, 0) is 4.74 Å². The van der Waals surface area contributed by atoms with E-state index in [-0.39, 0.29) is 0 Å². The molecule has 2 aliphatic carbocycles. The van der Waals surface area contributed by atoms with Crippen LogP contribution in [0.3, 0.4) is 0 Å². The summed E-state index contributed by atoms with van der Waals surface area (Å²) in [6.07, 6.45) is 5.24. The maximum Gasteiger partial charge on any atom is 0.101 e. The van der Waals surface area contributed by atoms with Gasteiger partial charge in [-0.25, -0.2) is 0 Å². The first-order chi connectivity index (χ1) is 9.69. The number of nitrogens with zero attached hydrogens (tertiary/aromatic N) is 1. The Kier molecular flexibility index (Phi) is 3.74. The molecule has 0 amide bonds. The third-order valence-corrected chi connectivity index (χ3v) is 5.36. The van der Waals surface area contributed by atoms with Gasteiger partial charge >= 0.3 is 0 Å². The van der Waals surface area contributed by atoms with Gasteiger partial charge in [0.05, 0.1) is 17.4 Å². The number of halogens is 1. The Morgan fingerprint density at radius 3 is 2.90 bits per heavy atom. The molecule has 2 saturated carbocycles. The van der Waals surface area contributed by atoms with Crippen LogP contribution in [0.4, 0.5) is 5.69 Å². The summed E-state index contributed by atoms with van der Waals surface area (Å²) < 4.78 is 6.81. The minimum atomic E-state index is 0.315. The van der Waals surface area contributed by atoms with Gasteiger partial charge in [-0.1, -0.05) is 22.4 Å². The molecule has 106 valence electrons. The normalized spacial score (nSPS) is 26.4. The Morgan fingerprint density at radius 2 is 2.30 bits per heavy atom. The summed E-state index contributed by atoms with van der Waals surface area (Å²) in [6.45, 7) is 2.86. The van der Waals surface area contributed by atoms with E-state index in [0.29, 0.717) is 23.1 Å². The van der Waals surface area contributed by atoms with Crippen molar-refractivity contribution < 1.29 is 4.74 Å². The molecular formula is C16H19BrN2O. The molecule has 1 aromatic rings. The van der Waals surface area contributed by atoms with Crippen molar-refractivity contribution in [2.75, 3.05) is 11.9 Å². The molecule has 0 aromatic heterocycles. The van der Waals surface area contributed by atoms with Gasteiger partial charge < -0.3 is 10.1 Å². The SMILES string of the molecule is CCOC1CC(Nc2ccc(Br)cc2C#N)C12CCC2. The first kappa shape index (κ1) is 13.9. The van der Waals surface area contributed by atoms with E-state index >= 15 is 0 Å². The predicted octanol–water partition coefficient (Wildman–Crippen LogP) is 4.08. The highest BCUT2D eigenvalue weighted by Crippen LogP contribution is 2.58. The summed E-state index contributed by atoms with van der Waals surface area (Å²) in [6, 6.07) is 8.55. The van der Waals surface area contributed by atoms with E-state index in [1.165, 1.54) is 19.3 Å². The maximum absolute atomic E-state index is 9.25. The van der Waals surface area contributed by atoms with Gasteiger partial charge in [-0.15, -0.1) is 0 Å². The molecule has 2 atom stereocenters. The number of anilines is 1. The van der Waals surface area contributed by atoms with E-state index in [1.54, 1.807) is 0 Å². The van der Waals surface area contributed by atoms with Gasteiger partial charge in [0.1, 0.15) is 6.07 Å². The Hall–Kier alpha value is -1.05. The molecule has 1 N–H and O–H groups in total. The molecule has 4 heteroatoms. The molecule has 0 radical (unpaired) electrons. The molecule has 1 spiro atoms. The van der Waals surface area contributed by atoms with Crippen LogP contribution in [0.1, 0.15) is 38.2 Å². The number of ether oxygens (including phenoxy) is 1. The van der Waals surface area contributed by atoms with E-state index < -0.39 is 0 Å². The van der Waals surface area contributed by atoms with Crippen LogP contribution < -0.4 is 5.32 Å². The second-order valence-corrected chi connectivity index (χ2v) is 6.68. The number of hydrogen-bond acceptors (Lipinski definition) is 3. The van der Waals surface area contributed by atoms with Crippen LogP contribution in [0.5, 0.6) is 0 Å². The largest absolute Gasteiger partial charge is 0.380 e. The van der Waals surface area contributed by atoms with E-state index in [9.17, 15) is 5.26 Å². The van der Waals surface area contributed by atoms with Crippen LogP contribution in [-0.4, -0.2) is 18.8 Å². The summed E-state index contributed by atoms with van der Waals surface area (Å²) in [7, 11) is 0. The van der Waals surface area contributed by atoms with Crippen molar-refractivity contribution in [1.82, 2.24) is 0 Å². The molecule has 0 aliphatic heterocycles. The standard InChI is InChI=1S/C16H19BrN2O/c1-2-20-15-9-14(16(15)6-3-7-16)19-13-5-4-12(17)8-11(13)10-18/h4-5,8,14-15,19H,2-3,6-7,9H2,1H3. The summed E-state index contributed by atoms with van der Waals surface area (Å²) >= 11 is 3.41. The molecule has 20 heavy (non-hydrogen) atoms. The zero-order chi connectivity index (χ0) is 14.2. The van der Waals surface area contributed by atoms with Crippen molar-refractivity contribution in [3.05, 3.63) is 28.2 Å². The molecule has 3 rings (SSSR count). The van der Waals surface area contributed by atoms with Gasteiger partial charge in [-0.3, -0.25) is 0 Å². The summed E-state index contributed by atoms with van der Waals surface area (Å²) in [5.74, 6) is 0. The fraction of sp³-hybridized carbons (Fsp3) is 0.562. The van der Waals surface area contributed by atoms with Crippen LogP contribution in [0.25, 0.3) is 0 Å². The first-order valence-corrected chi connectivity index (χ1v) is 8.06. The molecule has 0 bridgehead atoms. The molecule has 2 unspecified atom stereocenters. The fourth-order valence-corrected chi connectivity index (χ4v) is 3.92. The van der Waals surface area contributed by atoms with Crippen LogP contribution >= 0.6 is 15.9 Å². The molecule has 1 aromatic carbocycles. The van der Waals surface area contributed by atoms with Crippen molar-refractivity contribution >= 4 is 21.6 Å². The number of hydrogen-bond donors (Lipinski definition) is 1. The summed E-state index contributed by atoms with van der Waals surface area (Å²) in [5.41, 5.74) is 1.96. The van der Waals surface area contributed by atoms with E-state index in [4.69, 9.17) is 4.74 Å². The van der Waals surface area contributed by atoms with Gasteiger partial charge in [0.15, 0.2) is 0 Å². The number of nitriles is 1. The number of nitrogens with one attached hydrogen (secondary N) is 1. The second kappa shape index (κ2) is 5.38. The Morgan fingerprint density at radius 1 is 1.50 bits per heavy atom. The van der Waals surface area contributed by atoms with Crippen molar-refractivity contribution in [2.24, 2.45) is 5.41 Å². The maximum atomic E-state index is 9.25. The molecule has 2 fully saturated rings. The van der Waals surface area contributed by atoms with Crippen LogP contribution in [0.15, 0.2) is 22.7 Å². The Bertz CT molecular complexity index is 548. The van der Waals surface area contributed by atoms with Crippen molar-refractivity contribution in [3.8, 4) is 6.07 Å². The van der Waals surface area contributed by atoms with Gasteiger partial charge in [0.2, 0.25) is 0 Å². The third kappa shape index (κ3) is 2.13. The number of rotatable bonds is 4. The lowest BCUT2D eigenvalue weighted by Crippen LogP contribution is -2.64. The van der Waals surface area contributed by atoms with Crippen LogP contribution in [0, 0.1) is 16.7 Å². The molecule has 3 nitrogen and oxygen atoms in total. The van der Waals surface area contributed by atoms with E-state index in [1.807, 2.05) is 18.2 Å². The lowest BCUT2D eigenvalue weighted by molar-refractivity contribution is -0.157. The van der Waals surface area contributed by atoms with Gasteiger partial charge in [-0.05, 0) is 44.4 Å². The quantitative estimate of drug-likeness (QED) is 0.902. The van der Waals surface area contributed by atoms with Gasteiger partial charge in [0, 0.05) is 22.5 Å². The zero-order valence-corrected chi connectivity index (χ0v) is 13.2. The second-order valence-electron chi connectivity index (χ2n) is 5.77. The van der Waals surface area contributed by atoms with Crippen molar-refractivity contribution in [2.45, 2.75) is 44.8 Å². The highest BCUT2D eigenvalue weighted by molar-refractivity contribution is 9.10. The minimum Gasteiger partial charge on any atom is -0.380 e. The molecule has 2 aliphatic rings. The zero-order valence-electron chi connectivity index (χ0n) is 11.7. The summed E-state index contributed by atoms with van der Waals surface area (Å²) in [5, 5.41) is 12.8. The topological polar surface area (TPSA) is 45.0 Å². The average molecular weight is 335 g/mol. The molecular weight excluding hydrogens is 316 g/mol. The highest BCUT2D eigenvalue weighted by atomic mass is 79.9. The lowest BCUT2D eigenvalue weighted by Gasteiger charge is -2.61. The van der Waals surface area contributed by atoms with Crippen molar-refractivity contribution in [1.29, 1.82) is 5.26 Å². The Balaban J connectivity index is 1.75. The van der Waals surface area contributed by atoms with Gasteiger partial charge in [0.25, 0.3) is 0 Å². The monoisotopic (exact) mass is 334 g/mol. The lowest BCUT2D eigenvalue weighted by atomic mass is 9.51. The smallest absolute Gasteiger partial charge is 0.101 e. The minimum absolute atomic E-state index is 0.315. The predicted molar refractivity (Wildman–Crippen MR) is 82.6 cm³/mol. The average Bonchev–Trinajstić information content (AvgIpc) is 2.37. The molecule has 0 saturated heterocycles. The van der Waals surface area contributed by atoms with Gasteiger partial charge in [-0.2, -0.15) is 5.26 Å². The van der Waals surface area contributed by atoms with E-state index in [0.717, 1.165) is 23.2 Å². The third-order valence-electron chi connectivity index (χ3n) is 4.87. The molecule has 0 heterocycles. The Labute approximate surface area is 128 Å². The highest BCUT2D eigenvalue weighted by Gasteiger charge is 2.58. The number of benzene rings is 1.